The van der Waals surface area contributed by atoms with Crippen molar-refractivity contribution in [3.8, 4) is 5.69 Å². The topological polar surface area (TPSA) is 80.3 Å². The molecule has 2 aromatic heterocycles. The van der Waals surface area contributed by atoms with Crippen LogP contribution in [0.4, 0.5) is 0 Å². The Morgan fingerprint density at radius 1 is 1.29 bits per heavy atom. The summed E-state index contributed by atoms with van der Waals surface area (Å²) in [5, 5.41) is 12.3. The first-order chi connectivity index (χ1) is 11.8. The summed E-state index contributed by atoms with van der Waals surface area (Å²) in [6, 6.07) is 10.9. The Labute approximate surface area is 139 Å². The lowest BCUT2D eigenvalue weighted by Gasteiger charge is -2.14. The minimum atomic E-state index is -0.162. The molecule has 6 heteroatoms. The molecule has 0 spiro atoms. The molecule has 1 atom stereocenters. The van der Waals surface area contributed by atoms with Crippen LogP contribution in [0.1, 0.15) is 16.1 Å². The fraction of sp³-hybridized carbons (Fsp3) is 0.222. The molecule has 0 aliphatic carbocycles. The van der Waals surface area contributed by atoms with Crippen molar-refractivity contribution in [1.29, 1.82) is 0 Å². The van der Waals surface area contributed by atoms with E-state index in [-0.39, 0.29) is 18.4 Å². The first-order valence-electron chi connectivity index (χ1n) is 7.76. The van der Waals surface area contributed by atoms with E-state index in [4.69, 9.17) is 4.42 Å². The van der Waals surface area contributed by atoms with E-state index in [2.05, 4.69) is 10.3 Å². The van der Waals surface area contributed by atoms with Gasteiger partial charge in [-0.2, -0.15) is 0 Å². The van der Waals surface area contributed by atoms with Crippen LogP contribution in [-0.4, -0.2) is 33.7 Å². The van der Waals surface area contributed by atoms with Gasteiger partial charge in [0, 0.05) is 49.1 Å². The largest absolute Gasteiger partial charge is 0.469 e. The Hall–Kier alpha value is -2.86. The van der Waals surface area contributed by atoms with Gasteiger partial charge in [-0.3, -0.25) is 4.79 Å². The number of carbonyl (C=O) groups is 1. The van der Waals surface area contributed by atoms with Gasteiger partial charge in [0.1, 0.15) is 5.76 Å². The first kappa shape index (κ1) is 16.0. The Morgan fingerprint density at radius 3 is 2.75 bits per heavy atom. The molecule has 0 radical (unpaired) electrons. The van der Waals surface area contributed by atoms with Crippen molar-refractivity contribution in [1.82, 2.24) is 14.9 Å². The van der Waals surface area contributed by atoms with Crippen LogP contribution in [-0.2, 0) is 6.42 Å². The van der Waals surface area contributed by atoms with Crippen LogP contribution >= 0.6 is 0 Å². The Morgan fingerprint density at radius 2 is 2.12 bits per heavy atom. The van der Waals surface area contributed by atoms with Crippen LogP contribution in [0, 0.1) is 5.92 Å². The number of imidazole rings is 1. The second kappa shape index (κ2) is 7.61. The zero-order chi connectivity index (χ0) is 16.8. The maximum absolute atomic E-state index is 12.2. The summed E-state index contributed by atoms with van der Waals surface area (Å²) in [4.78, 5) is 16.2. The molecule has 3 rings (SSSR count). The van der Waals surface area contributed by atoms with Crippen LogP contribution in [0.15, 0.2) is 65.8 Å². The predicted octanol–water partition coefficient (Wildman–Crippen LogP) is 2.05. The summed E-state index contributed by atoms with van der Waals surface area (Å²) in [5.41, 5.74) is 1.52. The monoisotopic (exact) mass is 325 g/mol. The van der Waals surface area contributed by atoms with Crippen LogP contribution < -0.4 is 5.32 Å². The number of carbonyl (C=O) groups excluding carboxylic acids is 1. The van der Waals surface area contributed by atoms with E-state index < -0.39 is 0 Å². The van der Waals surface area contributed by atoms with Gasteiger partial charge in [0.05, 0.1) is 12.6 Å². The SMILES string of the molecule is O=C(NCC(CO)Cc1ccco1)c1ccc(-n2ccnc2)cc1. The molecule has 6 nitrogen and oxygen atoms in total. The third kappa shape index (κ3) is 3.91. The smallest absolute Gasteiger partial charge is 0.251 e. The number of hydrogen-bond donors (Lipinski definition) is 2. The van der Waals surface area contributed by atoms with Gasteiger partial charge in [-0.05, 0) is 36.4 Å². The number of amides is 1. The van der Waals surface area contributed by atoms with Gasteiger partial charge in [-0.1, -0.05) is 0 Å². The van der Waals surface area contributed by atoms with E-state index >= 15 is 0 Å². The molecule has 1 amide bonds. The van der Waals surface area contributed by atoms with Gasteiger partial charge >= 0.3 is 0 Å². The van der Waals surface area contributed by atoms with Crippen LogP contribution in [0.5, 0.6) is 0 Å². The van der Waals surface area contributed by atoms with E-state index in [9.17, 15) is 9.90 Å². The zero-order valence-electron chi connectivity index (χ0n) is 13.1. The number of nitrogens with one attached hydrogen (secondary N) is 1. The van der Waals surface area contributed by atoms with Crippen LogP contribution in [0.25, 0.3) is 5.69 Å². The summed E-state index contributed by atoms with van der Waals surface area (Å²) < 4.78 is 7.14. The zero-order valence-corrected chi connectivity index (χ0v) is 13.1. The fourth-order valence-electron chi connectivity index (χ4n) is 2.45. The van der Waals surface area contributed by atoms with Gasteiger partial charge in [-0.15, -0.1) is 0 Å². The number of aliphatic hydroxyl groups excluding tert-OH is 1. The lowest BCUT2D eigenvalue weighted by atomic mass is 10.0. The number of hydrogen-bond acceptors (Lipinski definition) is 4. The van der Waals surface area contributed by atoms with E-state index in [0.717, 1.165) is 11.4 Å². The van der Waals surface area contributed by atoms with Crippen molar-refractivity contribution >= 4 is 5.91 Å². The van der Waals surface area contributed by atoms with Crippen molar-refractivity contribution in [2.75, 3.05) is 13.2 Å². The molecule has 0 aliphatic heterocycles. The molecule has 1 unspecified atom stereocenters. The van der Waals surface area contributed by atoms with Crippen molar-refractivity contribution in [2.24, 2.45) is 5.92 Å². The maximum Gasteiger partial charge on any atom is 0.251 e. The van der Waals surface area contributed by atoms with E-state index in [1.54, 1.807) is 30.9 Å². The summed E-state index contributed by atoms with van der Waals surface area (Å²) in [5.74, 6) is 0.559. The molecule has 0 aliphatic rings. The van der Waals surface area contributed by atoms with Gasteiger partial charge in [0.25, 0.3) is 5.91 Å². The van der Waals surface area contributed by atoms with Crippen molar-refractivity contribution in [2.45, 2.75) is 6.42 Å². The lowest BCUT2D eigenvalue weighted by Crippen LogP contribution is -2.31. The third-order valence-corrected chi connectivity index (χ3v) is 3.81. The van der Waals surface area contributed by atoms with Gasteiger partial charge in [0.15, 0.2) is 0 Å². The second-order valence-electron chi connectivity index (χ2n) is 5.56. The number of aromatic nitrogens is 2. The van der Waals surface area contributed by atoms with Crippen LogP contribution in [0.2, 0.25) is 0 Å². The first-order valence-corrected chi connectivity index (χ1v) is 7.76. The summed E-state index contributed by atoms with van der Waals surface area (Å²) in [6.45, 7) is 0.375. The normalized spacial score (nSPS) is 12.0. The Bertz CT molecular complexity index is 749. The highest BCUT2D eigenvalue weighted by atomic mass is 16.3. The van der Waals surface area contributed by atoms with Crippen LogP contribution in [0.3, 0.4) is 0 Å². The molecule has 124 valence electrons. The molecule has 24 heavy (non-hydrogen) atoms. The average molecular weight is 325 g/mol. The minimum absolute atomic E-state index is 0.0133. The van der Waals surface area contributed by atoms with Gasteiger partial charge < -0.3 is 19.4 Å². The molecular weight excluding hydrogens is 306 g/mol. The summed E-state index contributed by atoms with van der Waals surface area (Å²) in [7, 11) is 0. The van der Waals surface area contributed by atoms with E-state index in [1.807, 2.05) is 35.0 Å². The van der Waals surface area contributed by atoms with Gasteiger partial charge in [0.2, 0.25) is 0 Å². The van der Waals surface area contributed by atoms with Crippen molar-refractivity contribution < 1.29 is 14.3 Å². The molecule has 0 bridgehead atoms. The lowest BCUT2D eigenvalue weighted by molar-refractivity contribution is 0.0939. The highest BCUT2D eigenvalue weighted by Crippen LogP contribution is 2.11. The molecule has 0 saturated heterocycles. The number of nitrogens with zero attached hydrogens (tertiary/aromatic N) is 2. The molecular formula is C18H19N3O3. The highest BCUT2D eigenvalue weighted by molar-refractivity contribution is 5.94. The van der Waals surface area contributed by atoms with E-state index in [1.165, 1.54) is 0 Å². The minimum Gasteiger partial charge on any atom is -0.469 e. The Balaban J connectivity index is 1.56. The number of aliphatic hydroxyl groups is 1. The second-order valence-corrected chi connectivity index (χ2v) is 5.56. The molecule has 0 fully saturated rings. The van der Waals surface area contributed by atoms with Crippen molar-refractivity contribution in [3.05, 3.63) is 72.7 Å². The van der Waals surface area contributed by atoms with Gasteiger partial charge in [-0.25, -0.2) is 4.98 Å². The molecule has 2 N–H and O–H groups in total. The average Bonchev–Trinajstić information content (AvgIpc) is 3.32. The molecule has 1 aromatic carbocycles. The molecule has 2 heterocycles. The third-order valence-electron chi connectivity index (χ3n) is 3.81. The summed E-state index contributed by atoms with van der Waals surface area (Å²) in [6.07, 6.45) is 7.44. The number of rotatable bonds is 7. The number of furan rings is 1. The van der Waals surface area contributed by atoms with Crippen molar-refractivity contribution in [3.63, 3.8) is 0 Å². The standard InChI is InChI=1S/C18H19N3O3/c22-12-14(10-17-2-1-9-24-17)11-20-18(23)15-3-5-16(6-4-15)21-8-7-19-13-21/h1-9,13-14,22H,10-12H2,(H,20,23). The quantitative estimate of drug-likeness (QED) is 0.697. The summed E-state index contributed by atoms with van der Waals surface area (Å²) >= 11 is 0. The fourth-order valence-corrected chi connectivity index (χ4v) is 2.45. The number of benzene rings is 1. The molecule has 0 saturated carbocycles. The predicted molar refractivity (Wildman–Crippen MR) is 88.9 cm³/mol. The maximum atomic E-state index is 12.2. The van der Waals surface area contributed by atoms with E-state index in [0.29, 0.717) is 18.5 Å². The highest BCUT2D eigenvalue weighted by Gasteiger charge is 2.13. The molecule has 3 aromatic rings. The Kier molecular flexibility index (Phi) is 5.08.